The van der Waals surface area contributed by atoms with E-state index in [0.717, 1.165) is 25.9 Å². The van der Waals surface area contributed by atoms with Gasteiger partial charge in [-0.15, -0.1) is 0 Å². The fourth-order valence-corrected chi connectivity index (χ4v) is 1.10. The van der Waals surface area contributed by atoms with Crippen LogP contribution >= 0.6 is 0 Å². The van der Waals surface area contributed by atoms with E-state index in [-0.39, 0.29) is 11.9 Å². The van der Waals surface area contributed by atoms with Crippen molar-refractivity contribution in [2.24, 2.45) is 5.73 Å². The third-order valence-corrected chi connectivity index (χ3v) is 1.87. The number of carbonyl (C=O) groups is 1. The molecule has 0 aliphatic rings. The van der Waals surface area contributed by atoms with Crippen LogP contribution in [0.2, 0.25) is 0 Å². The van der Waals surface area contributed by atoms with Crippen LogP contribution in [0, 0.1) is 0 Å². The van der Waals surface area contributed by atoms with Crippen LogP contribution in [0.15, 0.2) is 0 Å². The highest BCUT2D eigenvalue weighted by molar-refractivity contribution is 5.79. The average molecular weight is 187 g/mol. The molecule has 4 heteroatoms. The van der Waals surface area contributed by atoms with Crippen molar-refractivity contribution < 1.29 is 4.79 Å². The van der Waals surface area contributed by atoms with Crippen LogP contribution in [0.25, 0.3) is 0 Å². The number of rotatable bonds is 7. The molecule has 78 valence electrons. The van der Waals surface area contributed by atoms with E-state index in [1.165, 1.54) is 0 Å². The highest BCUT2D eigenvalue weighted by Crippen LogP contribution is 1.94. The quantitative estimate of drug-likeness (QED) is 0.580. The molecule has 1 amide bonds. The van der Waals surface area contributed by atoms with Gasteiger partial charge in [0, 0.05) is 13.1 Å². The minimum atomic E-state index is -0.249. The highest BCUT2D eigenvalue weighted by atomic mass is 16.1. The Hall–Kier alpha value is -0.610. The highest BCUT2D eigenvalue weighted by Gasteiger charge is 2.12. The summed E-state index contributed by atoms with van der Waals surface area (Å²) < 4.78 is 0. The molecule has 0 radical (unpaired) electrons. The number of nitrogens with zero attached hydrogens (tertiary/aromatic N) is 1. The summed E-state index contributed by atoms with van der Waals surface area (Å²) in [7, 11) is 4.00. The van der Waals surface area contributed by atoms with Gasteiger partial charge in [-0.1, -0.05) is 13.3 Å². The number of amides is 1. The van der Waals surface area contributed by atoms with Crippen molar-refractivity contribution in [3.63, 3.8) is 0 Å². The van der Waals surface area contributed by atoms with Gasteiger partial charge in [-0.25, -0.2) is 0 Å². The van der Waals surface area contributed by atoms with Gasteiger partial charge in [0.25, 0.3) is 0 Å². The van der Waals surface area contributed by atoms with Gasteiger partial charge in [-0.2, -0.15) is 0 Å². The van der Waals surface area contributed by atoms with Crippen LogP contribution in [0.3, 0.4) is 0 Å². The molecule has 4 nitrogen and oxygen atoms in total. The zero-order chi connectivity index (χ0) is 10.3. The zero-order valence-corrected chi connectivity index (χ0v) is 8.84. The van der Waals surface area contributed by atoms with E-state index in [1.54, 1.807) is 0 Å². The Morgan fingerprint density at radius 2 is 2.15 bits per heavy atom. The van der Waals surface area contributed by atoms with E-state index >= 15 is 0 Å². The maximum absolute atomic E-state index is 10.9. The normalized spacial score (nSPS) is 13.2. The van der Waals surface area contributed by atoms with Crippen molar-refractivity contribution in [3.8, 4) is 0 Å². The number of nitrogens with one attached hydrogen (secondary N) is 1. The standard InChI is InChI=1S/C9H21N3O/c1-4-5-8(9(10)13)11-6-7-12(2)3/h8,11H,4-7H2,1-3H3,(H2,10,13)/t8-/m0/s1. The summed E-state index contributed by atoms with van der Waals surface area (Å²) >= 11 is 0. The van der Waals surface area contributed by atoms with Gasteiger partial charge in [0.05, 0.1) is 6.04 Å². The van der Waals surface area contributed by atoms with Crippen LogP contribution in [0.4, 0.5) is 0 Å². The van der Waals surface area contributed by atoms with Crippen molar-refractivity contribution in [1.82, 2.24) is 10.2 Å². The van der Waals surface area contributed by atoms with Crippen molar-refractivity contribution >= 4 is 5.91 Å². The van der Waals surface area contributed by atoms with E-state index in [1.807, 2.05) is 21.0 Å². The van der Waals surface area contributed by atoms with Gasteiger partial charge in [0.1, 0.15) is 0 Å². The Morgan fingerprint density at radius 1 is 1.54 bits per heavy atom. The molecule has 0 aliphatic carbocycles. The molecule has 0 fully saturated rings. The number of likely N-dealkylation sites (N-methyl/N-ethyl adjacent to an activating group) is 1. The van der Waals surface area contributed by atoms with E-state index in [4.69, 9.17) is 5.73 Å². The SMILES string of the molecule is CCC[C@H](NCCN(C)C)C(N)=O. The summed E-state index contributed by atoms with van der Waals surface area (Å²) in [5, 5.41) is 3.14. The first kappa shape index (κ1) is 12.4. The van der Waals surface area contributed by atoms with Gasteiger partial charge in [-0.3, -0.25) is 4.79 Å². The first-order chi connectivity index (χ1) is 6.07. The first-order valence-corrected chi connectivity index (χ1v) is 4.75. The predicted octanol–water partition coefficient (Wildman–Crippen LogP) is -0.208. The van der Waals surface area contributed by atoms with Gasteiger partial charge in [0.15, 0.2) is 0 Å². The Bertz CT molecular complexity index is 148. The summed E-state index contributed by atoms with van der Waals surface area (Å²) in [6.07, 6.45) is 1.80. The second-order valence-electron chi connectivity index (χ2n) is 3.50. The van der Waals surface area contributed by atoms with Gasteiger partial charge in [0.2, 0.25) is 5.91 Å². The molecule has 0 spiro atoms. The summed E-state index contributed by atoms with van der Waals surface area (Å²) in [6, 6.07) is -0.162. The molecule has 0 unspecified atom stereocenters. The number of hydrogen-bond donors (Lipinski definition) is 2. The molecule has 0 aromatic carbocycles. The molecule has 13 heavy (non-hydrogen) atoms. The van der Waals surface area contributed by atoms with E-state index < -0.39 is 0 Å². The molecule has 0 aromatic heterocycles. The number of hydrogen-bond acceptors (Lipinski definition) is 3. The molecular weight excluding hydrogens is 166 g/mol. The maximum atomic E-state index is 10.9. The van der Waals surface area contributed by atoms with Crippen molar-refractivity contribution in [1.29, 1.82) is 0 Å². The Kier molecular flexibility index (Phi) is 6.54. The average Bonchev–Trinajstić information content (AvgIpc) is 2.02. The molecular formula is C9H21N3O. The molecule has 1 atom stereocenters. The number of nitrogens with two attached hydrogens (primary N) is 1. The Morgan fingerprint density at radius 3 is 2.54 bits per heavy atom. The fraction of sp³-hybridized carbons (Fsp3) is 0.889. The van der Waals surface area contributed by atoms with Crippen LogP contribution < -0.4 is 11.1 Å². The smallest absolute Gasteiger partial charge is 0.234 e. The lowest BCUT2D eigenvalue weighted by Crippen LogP contribution is -2.43. The second-order valence-corrected chi connectivity index (χ2v) is 3.50. The molecule has 0 bridgehead atoms. The molecule has 0 rings (SSSR count). The predicted molar refractivity (Wildman–Crippen MR) is 54.4 cm³/mol. The van der Waals surface area contributed by atoms with Gasteiger partial charge in [-0.05, 0) is 20.5 Å². The lowest BCUT2D eigenvalue weighted by Gasteiger charge is -2.16. The van der Waals surface area contributed by atoms with Crippen LogP contribution in [0.5, 0.6) is 0 Å². The summed E-state index contributed by atoms with van der Waals surface area (Å²) in [6.45, 7) is 3.78. The topological polar surface area (TPSA) is 58.4 Å². The summed E-state index contributed by atoms with van der Waals surface area (Å²) in [5.74, 6) is -0.249. The fourth-order valence-electron chi connectivity index (χ4n) is 1.10. The minimum Gasteiger partial charge on any atom is -0.368 e. The second kappa shape index (κ2) is 6.86. The zero-order valence-electron chi connectivity index (χ0n) is 8.84. The lowest BCUT2D eigenvalue weighted by atomic mass is 10.1. The first-order valence-electron chi connectivity index (χ1n) is 4.75. The minimum absolute atomic E-state index is 0.162. The Labute approximate surface area is 80.5 Å². The van der Waals surface area contributed by atoms with Gasteiger partial charge < -0.3 is 16.0 Å². The molecule has 0 saturated carbocycles. The largest absolute Gasteiger partial charge is 0.368 e. The van der Waals surface area contributed by atoms with Crippen LogP contribution in [0.1, 0.15) is 19.8 Å². The van der Waals surface area contributed by atoms with E-state index in [0.29, 0.717) is 0 Å². The summed E-state index contributed by atoms with van der Waals surface area (Å²) in [5.41, 5.74) is 5.22. The van der Waals surface area contributed by atoms with Crippen molar-refractivity contribution in [3.05, 3.63) is 0 Å². The van der Waals surface area contributed by atoms with Crippen LogP contribution in [-0.2, 0) is 4.79 Å². The molecule has 0 aliphatic heterocycles. The molecule has 0 saturated heterocycles. The maximum Gasteiger partial charge on any atom is 0.234 e. The molecule has 3 N–H and O–H groups in total. The van der Waals surface area contributed by atoms with E-state index in [9.17, 15) is 4.79 Å². The third kappa shape index (κ3) is 6.54. The number of primary amides is 1. The lowest BCUT2D eigenvalue weighted by molar-refractivity contribution is -0.120. The molecule has 0 aromatic rings. The van der Waals surface area contributed by atoms with E-state index in [2.05, 4.69) is 10.2 Å². The van der Waals surface area contributed by atoms with Crippen LogP contribution in [-0.4, -0.2) is 44.0 Å². The summed E-state index contributed by atoms with van der Waals surface area (Å²) in [4.78, 5) is 13.0. The van der Waals surface area contributed by atoms with Crippen molar-refractivity contribution in [2.45, 2.75) is 25.8 Å². The Balaban J connectivity index is 3.63. The monoisotopic (exact) mass is 187 g/mol. The van der Waals surface area contributed by atoms with Gasteiger partial charge >= 0.3 is 0 Å². The molecule has 0 heterocycles. The number of carbonyl (C=O) groups excluding carboxylic acids is 1. The van der Waals surface area contributed by atoms with Crippen molar-refractivity contribution in [2.75, 3.05) is 27.2 Å². The third-order valence-electron chi connectivity index (χ3n) is 1.87.